The molecular formula is C17H21F3N2O4. The van der Waals surface area contributed by atoms with Crippen molar-refractivity contribution in [3.05, 3.63) is 23.4 Å². The summed E-state index contributed by atoms with van der Waals surface area (Å²) in [4.78, 5) is 29.3. The van der Waals surface area contributed by atoms with Crippen molar-refractivity contribution in [1.29, 1.82) is 0 Å². The molecule has 1 N–H and O–H groups in total. The number of amides is 1. The van der Waals surface area contributed by atoms with Crippen LogP contribution in [0.3, 0.4) is 0 Å². The Labute approximate surface area is 149 Å². The van der Waals surface area contributed by atoms with E-state index in [1.807, 2.05) is 0 Å². The Morgan fingerprint density at radius 3 is 2.35 bits per heavy atom. The maximum Gasteiger partial charge on any atom is 0.425 e. The maximum absolute atomic E-state index is 12.6. The lowest BCUT2D eigenvalue weighted by Gasteiger charge is -2.36. The minimum Gasteiger partial charge on any atom is -0.481 e. The molecule has 1 unspecified atom stereocenters. The normalized spacial score (nSPS) is 18.3. The third-order valence-corrected chi connectivity index (χ3v) is 4.72. The van der Waals surface area contributed by atoms with Crippen LogP contribution in [0.5, 0.6) is 5.88 Å². The van der Waals surface area contributed by atoms with Gasteiger partial charge in [-0.05, 0) is 39.7 Å². The number of carbonyl (C=O) groups is 2. The van der Waals surface area contributed by atoms with Crippen LogP contribution in [0.2, 0.25) is 0 Å². The average Bonchev–Trinajstić information content (AvgIpc) is 2.54. The molecule has 1 aromatic rings. The fourth-order valence-electron chi connectivity index (χ4n) is 2.67. The van der Waals surface area contributed by atoms with Gasteiger partial charge in [-0.3, -0.25) is 9.59 Å². The fraction of sp³-hybridized carbons (Fsp3) is 0.588. The number of carboxylic acids is 1. The lowest BCUT2D eigenvalue weighted by Crippen LogP contribution is -2.45. The number of likely N-dealkylation sites (tertiary alicyclic amines) is 1. The van der Waals surface area contributed by atoms with E-state index in [1.54, 1.807) is 6.92 Å². The van der Waals surface area contributed by atoms with Crippen molar-refractivity contribution in [2.75, 3.05) is 13.1 Å². The molecule has 1 aliphatic heterocycles. The predicted octanol–water partition coefficient (Wildman–Crippen LogP) is 3.05. The average molecular weight is 374 g/mol. The Hall–Kier alpha value is -2.32. The molecule has 1 fully saturated rings. The van der Waals surface area contributed by atoms with Crippen LogP contribution in [-0.4, -0.2) is 52.2 Å². The number of hydrogen-bond acceptors (Lipinski definition) is 4. The third kappa shape index (κ3) is 4.25. The maximum atomic E-state index is 12.6. The first-order chi connectivity index (χ1) is 11.9. The molecule has 0 bridgehead atoms. The van der Waals surface area contributed by atoms with Gasteiger partial charge in [0.05, 0.1) is 16.7 Å². The van der Waals surface area contributed by atoms with Gasteiger partial charge in [0.25, 0.3) is 5.91 Å². The molecule has 1 saturated heterocycles. The van der Waals surface area contributed by atoms with Crippen LogP contribution < -0.4 is 4.74 Å². The van der Waals surface area contributed by atoms with Gasteiger partial charge in [-0.25, -0.2) is 4.98 Å². The Balaban J connectivity index is 2.08. The van der Waals surface area contributed by atoms with Gasteiger partial charge in [-0.1, -0.05) is 0 Å². The van der Waals surface area contributed by atoms with E-state index >= 15 is 0 Å². The molecule has 0 saturated carbocycles. The summed E-state index contributed by atoms with van der Waals surface area (Å²) in [7, 11) is 0. The zero-order valence-electron chi connectivity index (χ0n) is 14.8. The number of carbonyl (C=O) groups excluding carboxylic acids is 1. The molecule has 9 heteroatoms. The summed E-state index contributed by atoms with van der Waals surface area (Å²) in [6, 6.07) is 2.61. The first-order valence-electron chi connectivity index (χ1n) is 8.18. The summed E-state index contributed by atoms with van der Waals surface area (Å²) in [5.41, 5.74) is -0.334. The van der Waals surface area contributed by atoms with Gasteiger partial charge >= 0.3 is 12.1 Å². The molecule has 2 heterocycles. The summed E-state index contributed by atoms with van der Waals surface area (Å²) in [5, 5.41) is 9.24. The number of nitrogens with zero attached hydrogens (tertiary/aromatic N) is 2. The second-order valence-electron chi connectivity index (χ2n) is 6.74. The van der Waals surface area contributed by atoms with Crippen LogP contribution in [0.25, 0.3) is 0 Å². The summed E-state index contributed by atoms with van der Waals surface area (Å²) in [6.45, 7) is 4.64. The number of pyridine rings is 1. The number of ether oxygens (including phenoxy) is 1. The Bertz CT molecular complexity index is 698. The SMILES string of the molecule is Cc1nc(OC(C)C(F)(F)F)ccc1C(=O)N1CCC(C)(C(=O)O)CC1. The highest BCUT2D eigenvalue weighted by Gasteiger charge is 2.39. The number of aromatic nitrogens is 1. The van der Waals surface area contributed by atoms with Crippen LogP contribution in [0.1, 0.15) is 42.7 Å². The molecule has 1 aromatic heterocycles. The van der Waals surface area contributed by atoms with Gasteiger partial charge in [0, 0.05) is 19.2 Å². The minimum absolute atomic E-state index is 0.207. The molecular weight excluding hydrogens is 353 g/mol. The number of carboxylic acid groups (broad SMARTS) is 1. The van der Waals surface area contributed by atoms with Crippen molar-refractivity contribution in [2.45, 2.75) is 45.9 Å². The van der Waals surface area contributed by atoms with Gasteiger partial charge in [-0.2, -0.15) is 13.2 Å². The van der Waals surface area contributed by atoms with E-state index in [4.69, 9.17) is 4.74 Å². The van der Waals surface area contributed by atoms with Gasteiger partial charge in [0.1, 0.15) is 0 Å². The van der Waals surface area contributed by atoms with Crippen LogP contribution >= 0.6 is 0 Å². The monoisotopic (exact) mass is 374 g/mol. The van der Waals surface area contributed by atoms with E-state index in [0.717, 1.165) is 6.92 Å². The summed E-state index contributed by atoms with van der Waals surface area (Å²) >= 11 is 0. The Morgan fingerprint density at radius 2 is 1.88 bits per heavy atom. The summed E-state index contributed by atoms with van der Waals surface area (Å²) in [5.74, 6) is -1.42. The fourth-order valence-corrected chi connectivity index (χ4v) is 2.67. The van der Waals surface area contributed by atoms with Crippen LogP contribution in [0.15, 0.2) is 12.1 Å². The largest absolute Gasteiger partial charge is 0.481 e. The van der Waals surface area contributed by atoms with E-state index in [0.29, 0.717) is 25.9 Å². The first kappa shape index (κ1) is 20.0. The zero-order valence-corrected chi connectivity index (χ0v) is 14.8. The molecule has 0 spiro atoms. The molecule has 0 aliphatic carbocycles. The van der Waals surface area contributed by atoms with E-state index in [9.17, 15) is 27.9 Å². The highest BCUT2D eigenvalue weighted by Crippen LogP contribution is 2.32. The third-order valence-electron chi connectivity index (χ3n) is 4.72. The van der Waals surface area contributed by atoms with Crippen molar-refractivity contribution in [3.63, 3.8) is 0 Å². The quantitative estimate of drug-likeness (QED) is 0.876. The predicted molar refractivity (Wildman–Crippen MR) is 86.0 cm³/mol. The second-order valence-corrected chi connectivity index (χ2v) is 6.74. The standard InChI is InChI=1S/C17H21F3N2O4/c1-10-12(4-5-13(21-10)26-11(2)17(18,19)20)14(23)22-8-6-16(3,7-9-22)15(24)25/h4-5,11H,6-9H2,1-3H3,(H,24,25). The van der Waals surface area contributed by atoms with Crippen LogP contribution in [0, 0.1) is 12.3 Å². The molecule has 6 nitrogen and oxygen atoms in total. The Morgan fingerprint density at radius 1 is 1.31 bits per heavy atom. The van der Waals surface area contributed by atoms with Gasteiger partial charge in [0.15, 0.2) is 6.10 Å². The van der Waals surface area contributed by atoms with E-state index < -0.39 is 23.7 Å². The van der Waals surface area contributed by atoms with Gasteiger partial charge in [-0.15, -0.1) is 0 Å². The number of piperidine rings is 1. The van der Waals surface area contributed by atoms with Gasteiger partial charge < -0.3 is 14.7 Å². The molecule has 1 atom stereocenters. The molecule has 26 heavy (non-hydrogen) atoms. The highest BCUT2D eigenvalue weighted by atomic mass is 19.4. The topological polar surface area (TPSA) is 79.7 Å². The van der Waals surface area contributed by atoms with Crippen LogP contribution in [-0.2, 0) is 4.79 Å². The zero-order chi connectivity index (χ0) is 19.7. The lowest BCUT2D eigenvalue weighted by molar-refractivity contribution is -0.190. The number of alkyl halides is 3. The number of aryl methyl sites for hydroxylation is 1. The van der Waals surface area contributed by atoms with E-state index in [2.05, 4.69) is 4.98 Å². The van der Waals surface area contributed by atoms with E-state index in [-0.39, 0.29) is 23.0 Å². The second kappa shape index (κ2) is 7.13. The first-order valence-corrected chi connectivity index (χ1v) is 8.18. The van der Waals surface area contributed by atoms with Crippen molar-refractivity contribution in [1.82, 2.24) is 9.88 Å². The highest BCUT2D eigenvalue weighted by molar-refractivity contribution is 5.95. The molecule has 144 valence electrons. The molecule has 2 rings (SSSR count). The molecule has 0 radical (unpaired) electrons. The molecule has 1 aliphatic rings. The van der Waals surface area contributed by atoms with Crippen molar-refractivity contribution >= 4 is 11.9 Å². The number of aliphatic carboxylic acids is 1. The lowest BCUT2D eigenvalue weighted by atomic mass is 9.80. The van der Waals surface area contributed by atoms with Crippen LogP contribution in [0.4, 0.5) is 13.2 Å². The molecule has 0 aromatic carbocycles. The summed E-state index contributed by atoms with van der Waals surface area (Å²) < 4.78 is 42.4. The Kier molecular flexibility index (Phi) is 5.48. The van der Waals surface area contributed by atoms with Gasteiger partial charge in [0.2, 0.25) is 5.88 Å². The van der Waals surface area contributed by atoms with Crippen molar-refractivity contribution < 1.29 is 32.6 Å². The number of hydrogen-bond donors (Lipinski definition) is 1. The van der Waals surface area contributed by atoms with E-state index in [1.165, 1.54) is 24.0 Å². The number of rotatable bonds is 4. The van der Waals surface area contributed by atoms with Crippen molar-refractivity contribution in [2.24, 2.45) is 5.41 Å². The van der Waals surface area contributed by atoms with Crippen molar-refractivity contribution in [3.8, 4) is 5.88 Å². The minimum atomic E-state index is -4.51. The molecule has 1 amide bonds. The smallest absolute Gasteiger partial charge is 0.425 e. The number of halogens is 3. The summed E-state index contributed by atoms with van der Waals surface area (Å²) in [6.07, 6.45) is -5.84.